The summed E-state index contributed by atoms with van der Waals surface area (Å²) in [5.74, 6) is 2.80. The summed E-state index contributed by atoms with van der Waals surface area (Å²) in [6.45, 7) is 7.97. The summed E-state index contributed by atoms with van der Waals surface area (Å²) in [7, 11) is 0. The molecule has 65 heavy (non-hydrogen) atoms. The molecule has 4 saturated carbocycles. The van der Waals surface area contributed by atoms with E-state index in [1.165, 1.54) is 51.4 Å². The van der Waals surface area contributed by atoms with Gasteiger partial charge in [-0.25, -0.2) is 14.6 Å². The molecule has 0 aliphatic heterocycles. The minimum atomic E-state index is -0.503. The molecular formula is C51H67N3O10S. The first kappa shape index (κ1) is 48.2. The van der Waals surface area contributed by atoms with Crippen molar-refractivity contribution in [1.82, 2.24) is 4.98 Å². The molecule has 0 bridgehead atoms. The largest absolute Gasteiger partial charge is 0.493 e. The Morgan fingerprint density at radius 3 is 1.86 bits per heavy atom. The van der Waals surface area contributed by atoms with Crippen LogP contribution in [0.15, 0.2) is 72.9 Å². The third-order valence-corrected chi connectivity index (χ3v) is 14.7. The molecule has 0 saturated heterocycles. The average molecular weight is 914 g/mol. The first-order valence-electron chi connectivity index (χ1n) is 23.9. The van der Waals surface area contributed by atoms with Crippen molar-refractivity contribution in [2.45, 2.75) is 134 Å². The lowest BCUT2D eigenvalue weighted by molar-refractivity contribution is -0.165. The maximum atomic E-state index is 13.1. The predicted octanol–water partition coefficient (Wildman–Crippen LogP) is 10.7. The SMILES string of the molecule is C=CC(=O)OCOC1CCC(CCC2CCC(COc3ccc(OCC4CCC(C(=O)OC5CCC(OCOC(=O)C=C)CC5)CC4)cc3/C=N/Nc3nc4ccccc4s3)CC2)CC1. The molecule has 0 atom stereocenters. The molecular weight excluding hydrogens is 847 g/mol. The molecule has 4 aliphatic carbocycles. The van der Waals surface area contributed by atoms with Crippen LogP contribution in [0.2, 0.25) is 0 Å². The fraction of sp³-hybridized carbons (Fsp3) is 0.588. The number of esters is 3. The number of hydrogen-bond acceptors (Lipinski definition) is 14. The molecule has 1 aromatic heterocycles. The molecule has 3 aromatic rings. The van der Waals surface area contributed by atoms with Gasteiger partial charge < -0.3 is 33.2 Å². The molecule has 2 aromatic carbocycles. The number of carbonyl (C=O) groups is 3. The van der Waals surface area contributed by atoms with Gasteiger partial charge in [0.05, 0.1) is 47.8 Å². The summed E-state index contributed by atoms with van der Waals surface area (Å²) in [6.07, 6.45) is 22.4. The molecule has 1 N–H and O–H groups in total. The van der Waals surface area contributed by atoms with Gasteiger partial charge in [0.2, 0.25) is 5.13 Å². The van der Waals surface area contributed by atoms with Crippen LogP contribution < -0.4 is 14.9 Å². The lowest BCUT2D eigenvalue weighted by atomic mass is 9.77. The van der Waals surface area contributed by atoms with E-state index in [4.69, 9.17) is 33.2 Å². The van der Waals surface area contributed by atoms with E-state index < -0.39 is 11.9 Å². The van der Waals surface area contributed by atoms with E-state index in [1.54, 1.807) is 17.6 Å². The molecule has 0 amide bonds. The van der Waals surface area contributed by atoms with E-state index in [9.17, 15) is 14.4 Å². The van der Waals surface area contributed by atoms with Gasteiger partial charge >= 0.3 is 17.9 Å². The molecule has 4 fully saturated rings. The Morgan fingerprint density at radius 2 is 1.23 bits per heavy atom. The van der Waals surface area contributed by atoms with E-state index in [-0.39, 0.29) is 43.8 Å². The number of nitrogens with zero attached hydrogens (tertiary/aromatic N) is 2. The first-order valence-corrected chi connectivity index (χ1v) is 24.7. The van der Waals surface area contributed by atoms with Crippen LogP contribution in [-0.4, -0.2) is 74.2 Å². The molecule has 1 heterocycles. The fourth-order valence-electron chi connectivity index (χ4n) is 9.73. The highest BCUT2D eigenvalue weighted by molar-refractivity contribution is 7.22. The Bertz CT molecular complexity index is 1990. The molecule has 0 spiro atoms. The number of thiazole rings is 1. The maximum Gasteiger partial charge on any atom is 0.332 e. The van der Waals surface area contributed by atoms with Crippen molar-refractivity contribution in [3.05, 3.63) is 73.3 Å². The van der Waals surface area contributed by atoms with E-state index in [0.717, 1.165) is 121 Å². The Morgan fingerprint density at radius 1 is 0.677 bits per heavy atom. The number of anilines is 1. The maximum absolute atomic E-state index is 13.1. The third-order valence-electron chi connectivity index (χ3n) is 13.8. The lowest BCUT2D eigenvalue weighted by Gasteiger charge is -2.32. The second-order valence-electron chi connectivity index (χ2n) is 18.2. The second kappa shape index (κ2) is 25.2. The quantitative estimate of drug-likeness (QED) is 0.0255. The van der Waals surface area contributed by atoms with Crippen LogP contribution in [0.25, 0.3) is 10.2 Å². The number of fused-ring (bicyclic) bond motifs is 1. The number of benzene rings is 2. The summed E-state index contributed by atoms with van der Waals surface area (Å²) in [5.41, 5.74) is 4.90. The number of rotatable bonds is 22. The number of nitrogens with one attached hydrogen (secondary N) is 1. The molecule has 4 aliphatic rings. The number of hydrogen-bond donors (Lipinski definition) is 1. The van der Waals surface area contributed by atoms with Crippen LogP contribution >= 0.6 is 11.3 Å². The van der Waals surface area contributed by atoms with Crippen LogP contribution in [0.3, 0.4) is 0 Å². The summed E-state index contributed by atoms with van der Waals surface area (Å²) >= 11 is 1.56. The van der Waals surface area contributed by atoms with Gasteiger partial charge in [0.1, 0.15) is 17.6 Å². The minimum Gasteiger partial charge on any atom is -0.493 e. The average Bonchev–Trinajstić information content (AvgIpc) is 3.76. The third kappa shape index (κ3) is 15.4. The van der Waals surface area contributed by atoms with E-state index in [0.29, 0.717) is 25.0 Å². The monoisotopic (exact) mass is 913 g/mol. The topological polar surface area (TPSA) is 153 Å². The number of carbonyl (C=O) groups excluding carboxylic acids is 3. The van der Waals surface area contributed by atoms with Crippen molar-refractivity contribution in [1.29, 1.82) is 0 Å². The highest BCUT2D eigenvalue weighted by Crippen LogP contribution is 2.37. The summed E-state index contributed by atoms with van der Waals surface area (Å²) in [4.78, 5) is 40.3. The van der Waals surface area contributed by atoms with Gasteiger partial charge in [-0.3, -0.25) is 10.2 Å². The zero-order valence-corrected chi connectivity index (χ0v) is 38.6. The summed E-state index contributed by atoms with van der Waals surface area (Å²) in [5, 5.41) is 5.30. The normalized spacial score (nSPS) is 25.9. The van der Waals surface area contributed by atoms with Crippen molar-refractivity contribution in [2.24, 2.45) is 34.7 Å². The molecule has 13 nitrogen and oxygen atoms in total. The lowest BCUT2D eigenvalue weighted by Crippen LogP contribution is -2.32. The van der Waals surface area contributed by atoms with Crippen LogP contribution in [0.4, 0.5) is 5.13 Å². The van der Waals surface area contributed by atoms with Gasteiger partial charge in [-0.2, -0.15) is 5.10 Å². The number of hydrazone groups is 1. The van der Waals surface area contributed by atoms with Crippen LogP contribution in [0.5, 0.6) is 11.5 Å². The summed E-state index contributed by atoms with van der Waals surface area (Å²) < 4.78 is 41.3. The second-order valence-corrected chi connectivity index (χ2v) is 19.3. The number of para-hydroxylation sites is 1. The predicted molar refractivity (Wildman–Crippen MR) is 251 cm³/mol. The van der Waals surface area contributed by atoms with E-state index in [1.807, 2.05) is 36.4 Å². The Balaban J connectivity index is 0.837. The van der Waals surface area contributed by atoms with Crippen molar-refractivity contribution in [3.8, 4) is 11.5 Å². The van der Waals surface area contributed by atoms with Crippen molar-refractivity contribution < 1.29 is 47.5 Å². The standard InChI is InChI=1S/C51H67N3O10S/c1-3-48(55)62-33-60-41-21-17-36(18-22-41)10-9-35-11-13-37(14-12-35)32-59-46-28-27-44(29-40(46)30-52-54-51-53-45-7-5-6-8-47(45)65-51)58-31-38-15-19-39(20-16-38)50(57)64-43-25-23-42(24-26-43)61-34-63-49(56)4-2/h3-8,27-30,35-39,41-43H,1-2,9-26,31-34H2,(H,53,54)/b52-30+. The van der Waals surface area contributed by atoms with Gasteiger partial charge in [-0.15, -0.1) is 0 Å². The van der Waals surface area contributed by atoms with Gasteiger partial charge in [0.15, 0.2) is 13.6 Å². The molecule has 0 unspecified atom stereocenters. The molecule has 0 radical (unpaired) electrons. The van der Waals surface area contributed by atoms with Crippen LogP contribution in [0, 0.1) is 29.6 Å². The summed E-state index contributed by atoms with van der Waals surface area (Å²) in [6, 6.07) is 14.0. The van der Waals surface area contributed by atoms with Gasteiger partial charge in [0, 0.05) is 17.7 Å². The van der Waals surface area contributed by atoms with Gasteiger partial charge in [0.25, 0.3) is 0 Å². The Labute approximate surface area is 387 Å². The van der Waals surface area contributed by atoms with Crippen LogP contribution in [-0.2, 0) is 38.1 Å². The van der Waals surface area contributed by atoms with Crippen molar-refractivity contribution in [2.75, 3.05) is 32.2 Å². The van der Waals surface area contributed by atoms with Crippen LogP contribution in [0.1, 0.15) is 121 Å². The zero-order chi connectivity index (χ0) is 45.2. The first-order chi connectivity index (χ1) is 31.8. The van der Waals surface area contributed by atoms with E-state index >= 15 is 0 Å². The molecule has 352 valence electrons. The number of aromatic nitrogens is 1. The smallest absolute Gasteiger partial charge is 0.332 e. The van der Waals surface area contributed by atoms with Gasteiger partial charge in [-0.05, 0) is 144 Å². The van der Waals surface area contributed by atoms with E-state index in [2.05, 4.69) is 34.7 Å². The highest BCUT2D eigenvalue weighted by Gasteiger charge is 2.32. The molecule has 14 heteroatoms. The van der Waals surface area contributed by atoms with Gasteiger partial charge in [-0.1, -0.05) is 62.3 Å². The Kier molecular flexibility index (Phi) is 18.7. The Hall–Kier alpha value is -4.79. The molecule has 7 rings (SSSR count). The zero-order valence-electron chi connectivity index (χ0n) is 37.7. The highest BCUT2D eigenvalue weighted by atomic mass is 32.1. The van der Waals surface area contributed by atoms with Crippen molar-refractivity contribution in [3.63, 3.8) is 0 Å². The fourth-order valence-corrected chi connectivity index (χ4v) is 10.5. The number of ether oxygens (including phenoxy) is 7. The minimum absolute atomic E-state index is 0.00661. The van der Waals surface area contributed by atoms with Crippen molar-refractivity contribution >= 4 is 50.8 Å².